The largest absolute Gasteiger partial charge is 0.416 e. The quantitative estimate of drug-likeness (QED) is 0.175. The van der Waals surface area contributed by atoms with E-state index < -0.39 is 45.0 Å². The minimum atomic E-state index is -4.94. The SMILES string of the molecule is CC1CN(Cc2c(-c3cccc(C(F)(F)F)c3)nc3ccc(S(=O)(=O)C(C)C)cc3c2C(=O)N[C@H](c2ccccc2)C(F)(F)F)CCC1N1CCOCC1. The van der Waals surface area contributed by atoms with Gasteiger partial charge >= 0.3 is 12.4 Å². The van der Waals surface area contributed by atoms with E-state index in [1.807, 2.05) is 4.90 Å². The number of nitrogens with one attached hydrogen (secondary N) is 1. The number of piperidine rings is 1. The third kappa shape index (κ3) is 8.43. The highest BCUT2D eigenvalue weighted by Gasteiger charge is 2.43. The molecule has 1 N–H and O–H groups in total. The standard InChI is InChI=1S/C39H42F6N4O4S/c1-24(2)54(51,52)29-12-13-32-30(21-29)34(37(50)47-36(39(43,44)45)26-8-5-4-6-9-26)31(35(46-32)27-10-7-11-28(20-27)38(40,41)42)23-48-15-14-33(25(3)22-48)49-16-18-53-19-17-49/h4-13,20-21,24-25,33,36H,14-19,22-23H2,1-3H3,(H,47,50)/t25?,33?,36-/m1/s1. The molecular formula is C39H42F6N4O4S. The summed E-state index contributed by atoms with van der Waals surface area (Å²) in [6.45, 7) is 8.80. The first-order chi connectivity index (χ1) is 25.4. The third-order valence-corrected chi connectivity index (χ3v) is 12.4. The van der Waals surface area contributed by atoms with Crippen LogP contribution in [0.15, 0.2) is 77.7 Å². The summed E-state index contributed by atoms with van der Waals surface area (Å²) in [5, 5.41) is 1.25. The fraction of sp³-hybridized carbons (Fsp3) is 0.436. The Hall–Kier alpha value is -4.05. The molecule has 1 aromatic heterocycles. The van der Waals surface area contributed by atoms with E-state index in [4.69, 9.17) is 9.72 Å². The Balaban J connectivity index is 1.56. The first-order valence-electron chi connectivity index (χ1n) is 17.8. The molecule has 2 saturated heterocycles. The number of alkyl halides is 6. The second-order valence-electron chi connectivity index (χ2n) is 14.2. The summed E-state index contributed by atoms with van der Waals surface area (Å²) in [4.78, 5) is 23.5. The van der Waals surface area contributed by atoms with Crippen LogP contribution in [0.25, 0.3) is 22.2 Å². The summed E-state index contributed by atoms with van der Waals surface area (Å²) in [5.41, 5.74) is -1.41. The Morgan fingerprint density at radius 1 is 0.944 bits per heavy atom. The van der Waals surface area contributed by atoms with Crippen LogP contribution in [0.3, 0.4) is 0 Å². The van der Waals surface area contributed by atoms with Gasteiger partial charge in [0.1, 0.15) is 0 Å². The lowest BCUT2D eigenvalue weighted by molar-refractivity contribution is -0.155. The number of amides is 1. The van der Waals surface area contributed by atoms with E-state index in [1.54, 1.807) is 0 Å². The number of ether oxygens (including phenoxy) is 1. The van der Waals surface area contributed by atoms with Gasteiger partial charge in [-0.3, -0.25) is 14.6 Å². The number of halogens is 6. The number of hydrogen-bond donors (Lipinski definition) is 1. The van der Waals surface area contributed by atoms with Crippen molar-refractivity contribution in [3.8, 4) is 11.3 Å². The number of benzene rings is 3. The summed E-state index contributed by atoms with van der Waals surface area (Å²) < 4.78 is 118. The lowest BCUT2D eigenvalue weighted by Gasteiger charge is -2.44. The third-order valence-electron chi connectivity index (χ3n) is 10.3. The van der Waals surface area contributed by atoms with E-state index in [1.165, 1.54) is 74.5 Å². The minimum Gasteiger partial charge on any atom is -0.379 e. The van der Waals surface area contributed by atoms with Crippen molar-refractivity contribution in [3.05, 3.63) is 95.1 Å². The molecule has 0 bridgehead atoms. The van der Waals surface area contributed by atoms with Gasteiger partial charge < -0.3 is 10.1 Å². The van der Waals surface area contributed by atoms with Crippen molar-refractivity contribution in [3.63, 3.8) is 0 Å². The number of morpholine rings is 1. The number of aromatic nitrogens is 1. The molecule has 4 aromatic rings. The van der Waals surface area contributed by atoms with Gasteiger partial charge in [0.05, 0.1) is 45.7 Å². The average molecular weight is 777 g/mol. The zero-order valence-corrected chi connectivity index (χ0v) is 30.9. The highest BCUT2D eigenvalue weighted by atomic mass is 32.2. The smallest absolute Gasteiger partial charge is 0.379 e. The molecule has 3 heterocycles. The Kier molecular flexibility index (Phi) is 11.4. The van der Waals surface area contributed by atoms with Crippen molar-refractivity contribution < 1.29 is 44.3 Å². The molecule has 6 rings (SSSR count). The van der Waals surface area contributed by atoms with Gasteiger partial charge in [0.2, 0.25) is 0 Å². The van der Waals surface area contributed by atoms with Gasteiger partial charge in [-0.1, -0.05) is 49.4 Å². The van der Waals surface area contributed by atoms with Gasteiger partial charge in [0.15, 0.2) is 15.9 Å². The summed E-state index contributed by atoms with van der Waals surface area (Å²) in [6.07, 6.45) is -8.93. The topological polar surface area (TPSA) is 91.8 Å². The summed E-state index contributed by atoms with van der Waals surface area (Å²) in [5.74, 6) is -1.05. The second kappa shape index (κ2) is 15.6. The van der Waals surface area contributed by atoms with Crippen LogP contribution in [0.1, 0.15) is 60.3 Å². The van der Waals surface area contributed by atoms with Gasteiger partial charge in [0.25, 0.3) is 5.91 Å². The van der Waals surface area contributed by atoms with Crippen molar-refractivity contribution in [2.24, 2.45) is 5.92 Å². The van der Waals surface area contributed by atoms with Crippen molar-refractivity contribution in [1.82, 2.24) is 20.1 Å². The van der Waals surface area contributed by atoms with Crippen LogP contribution >= 0.6 is 0 Å². The van der Waals surface area contributed by atoms with E-state index in [0.717, 1.165) is 31.6 Å². The van der Waals surface area contributed by atoms with Crippen LogP contribution in [-0.4, -0.2) is 86.0 Å². The minimum absolute atomic E-state index is 0.00124. The number of sulfone groups is 1. The Bertz CT molecular complexity index is 2090. The first kappa shape index (κ1) is 39.6. The number of carbonyl (C=O) groups is 1. The van der Waals surface area contributed by atoms with E-state index in [-0.39, 0.29) is 62.3 Å². The normalized spacial score (nSPS) is 20.0. The van der Waals surface area contributed by atoms with Crippen LogP contribution in [0.4, 0.5) is 26.3 Å². The Morgan fingerprint density at radius 3 is 2.28 bits per heavy atom. The highest BCUT2D eigenvalue weighted by Crippen LogP contribution is 2.39. The highest BCUT2D eigenvalue weighted by molar-refractivity contribution is 7.92. The predicted molar refractivity (Wildman–Crippen MR) is 192 cm³/mol. The molecule has 2 unspecified atom stereocenters. The number of likely N-dealkylation sites (tertiary alicyclic amines) is 1. The van der Waals surface area contributed by atoms with Crippen LogP contribution in [0.2, 0.25) is 0 Å². The summed E-state index contributed by atoms with van der Waals surface area (Å²) in [7, 11) is -3.94. The van der Waals surface area contributed by atoms with E-state index in [2.05, 4.69) is 17.1 Å². The molecule has 54 heavy (non-hydrogen) atoms. The van der Waals surface area contributed by atoms with E-state index >= 15 is 0 Å². The molecule has 8 nitrogen and oxygen atoms in total. The molecule has 2 aliphatic heterocycles. The number of hydrogen-bond acceptors (Lipinski definition) is 7. The van der Waals surface area contributed by atoms with Crippen LogP contribution in [-0.2, 0) is 27.3 Å². The maximum absolute atomic E-state index is 14.7. The fourth-order valence-corrected chi connectivity index (χ4v) is 8.55. The molecule has 290 valence electrons. The summed E-state index contributed by atoms with van der Waals surface area (Å²) >= 11 is 0. The zero-order chi connectivity index (χ0) is 39.0. The molecule has 3 aromatic carbocycles. The van der Waals surface area contributed by atoms with Crippen LogP contribution in [0.5, 0.6) is 0 Å². The number of pyridine rings is 1. The molecule has 0 saturated carbocycles. The summed E-state index contributed by atoms with van der Waals surface area (Å²) in [6, 6.07) is 12.8. The van der Waals surface area contributed by atoms with Gasteiger partial charge in [-0.05, 0) is 68.6 Å². The number of carbonyl (C=O) groups excluding carboxylic acids is 1. The first-order valence-corrected chi connectivity index (χ1v) is 19.3. The molecule has 2 aliphatic rings. The molecule has 3 atom stereocenters. The number of rotatable bonds is 9. The van der Waals surface area contributed by atoms with E-state index in [9.17, 15) is 39.6 Å². The molecule has 0 aliphatic carbocycles. The molecule has 15 heteroatoms. The van der Waals surface area contributed by atoms with Crippen LogP contribution in [0, 0.1) is 5.92 Å². The molecule has 0 radical (unpaired) electrons. The monoisotopic (exact) mass is 776 g/mol. The van der Waals surface area contributed by atoms with Gasteiger partial charge in [-0.25, -0.2) is 13.4 Å². The van der Waals surface area contributed by atoms with Gasteiger partial charge in [-0.2, -0.15) is 26.3 Å². The Morgan fingerprint density at radius 2 is 1.65 bits per heavy atom. The second-order valence-corrected chi connectivity index (χ2v) is 16.7. The average Bonchev–Trinajstić information content (AvgIpc) is 3.13. The van der Waals surface area contributed by atoms with Gasteiger partial charge in [-0.15, -0.1) is 0 Å². The molecular weight excluding hydrogens is 735 g/mol. The lowest BCUT2D eigenvalue weighted by atomic mass is 9.90. The lowest BCUT2D eigenvalue weighted by Crippen LogP contribution is -2.53. The zero-order valence-electron chi connectivity index (χ0n) is 30.0. The molecule has 2 fully saturated rings. The number of nitrogens with zero attached hydrogens (tertiary/aromatic N) is 3. The maximum Gasteiger partial charge on any atom is 0.416 e. The maximum atomic E-state index is 14.7. The predicted octanol–water partition coefficient (Wildman–Crippen LogP) is 7.68. The van der Waals surface area contributed by atoms with Crippen LogP contribution < -0.4 is 5.32 Å². The van der Waals surface area contributed by atoms with Crippen molar-refractivity contribution in [2.45, 2.75) is 68.3 Å². The van der Waals surface area contributed by atoms with Crippen molar-refractivity contribution >= 4 is 26.6 Å². The molecule has 1 amide bonds. The number of fused-ring (bicyclic) bond motifs is 1. The molecule has 0 spiro atoms. The fourth-order valence-electron chi connectivity index (χ4n) is 7.47. The van der Waals surface area contributed by atoms with Gasteiger partial charge in [0, 0.05) is 48.7 Å². The van der Waals surface area contributed by atoms with Crippen molar-refractivity contribution in [1.29, 1.82) is 0 Å². The Labute approximate surface area is 310 Å². The van der Waals surface area contributed by atoms with Crippen molar-refractivity contribution in [2.75, 3.05) is 39.4 Å². The van der Waals surface area contributed by atoms with E-state index in [0.29, 0.717) is 26.3 Å².